The topological polar surface area (TPSA) is 89.7 Å². The number of ether oxygens (including phenoxy) is 1. The van der Waals surface area contributed by atoms with Gasteiger partial charge in [-0.25, -0.2) is 4.79 Å². The summed E-state index contributed by atoms with van der Waals surface area (Å²) < 4.78 is 4.31. The van der Waals surface area contributed by atoms with Gasteiger partial charge in [-0.2, -0.15) is 0 Å². The van der Waals surface area contributed by atoms with Crippen LogP contribution < -0.4 is 5.73 Å². The van der Waals surface area contributed by atoms with Crippen molar-refractivity contribution in [2.75, 3.05) is 20.2 Å². The zero-order valence-electron chi connectivity index (χ0n) is 8.56. The van der Waals surface area contributed by atoms with Crippen LogP contribution in [0.25, 0.3) is 0 Å². The zero-order chi connectivity index (χ0) is 11.4. The molecule has 84 valence electrons. The summed E-state index contributed by atoms with van der Waals surface area (Å²) in [5, 5.41) is 0. The molecule has 0 aromatic rings. The fourth-order valence-electron chi connectivity index (χ4n) is 1.61. The summed E-state index contributed by atoms with van der Waals surface area (Å²) in [6.07, 6.45) is 1.34. The molecule has 0 aromatic carbocycles. The van der Waals surface area contributed by atoms with Gasteiger partial charge in [0.05, 0.1) is 13.0 Å². The van der Waals surface area contributed by atoms with Crippen LogP contribution in [0.15, 0.2) is 0 Å². The highest BCUT2D eigenvalue weighted by atomic mass is 16.5. The second-order valence-corrected chi connectivity index (χ2v) is 3.48. The van der Waals surface area contributed by atoms with Crippen molar-refractivity contribution in [2.24, 2.45) is 11.7 Å². The largest absolute Gasteiger partial charge is 0.462 e. The van der Waals surface area contributed by atoms with Crippen molar-refractivity contribution in [1.29, 1.82) is 0 Å². The number of esters is 1. The summed E-state index contributed by atoms with van der Waals surface area (Å²) >= 11 is 0. The first-order valence-corrected chi connectivity index (χ1v) is 4.72. The van der Waals surface area contributed by atoms with E-state index in [9.17, 15) is 14.4 Å². The molecule has 6 nitrogen and oxygen atoms in total. The standard InChI is InChI=1S/C9H14N2O4/c1-15-9(14)8(13)11-4-2-3-6(5-11)7(10)12/h6H,2-5H2,1H3,(H2,10,12). The fourth-order valence-corrected chi connectivity index (χ4v) is 1.61. The number of nitrogens with two attached hydrogens (primary N) is 1. The van der Waals surface area contributed by atoms with Crippen molar-refractivity contribution in [1.82, 2.24) is 4.90 Å². The highest BCUT2D eigenvalue weighted by Crippen LogP contribution is 2.16. The van der Waals surface area contributed by atoms with Gasteiger partial charge in [-0.3, -0.25) is 9.59 Å². The van der Waals surface area contributed by atoms with Gasteiger partial charge in [0.25, 0.3) is 0 Å². The minimum atomic E-state index is -0.903. The summed E-state index contributed by atoms with van der Waals surface area (Å²) in [7, 11) is 1.15. The molecular weight excluding hydrogens is 200 g/mol. The molecule has 0 spiro atoms. The van der Waals surface area contributed by atoms with Crippen molar-refractivity contribution in [3.63, 3.8) is 0 Å². The van der Waals surface area contributed by atoms with E-state index in [2.05, 4.69) is 4.74 Å². The summed E-state index contributed by atoms with van der Waals surface area (Å²) in [5.41, 5.74) is 5.15. The third-order valence-corrected chi connectivity index (χ3v) is 2.47. The monoisotopic (exact) mass is 214 g/mol. The van der Waals surface area contributed by atoms with Gasteiger partial charge in [-0.15, -0.1) is 0 Å². The van der Waals surface area contributed by atoms with E-state index in [0.717, 1.165) is 7.11 Å². The van der Waals surface area contributed by atoms with E-state index in [0.29, 0.717) is 19.4 Å². The first-order valence-electron chi connectivity index (χ1n) is 4.72. The molecule has 1 rings (SSSR count). The number of piperidine rings is 1. The quantitative estimate of drug-likeness (QED) is 0.442. The molecule has 0 saturated carbocycles. The van der Waals surface area contributed by atoms with E-state index < -0.39 is 17.8 Å². The first-order chi connectivity index (χ1) is 7.06. The van der Waals surface area contributed by atoms with Gasteiger partial charge in [0.2, 0.25) is 5.91 Å². The SMILES string of the molecule is COC(=O)C(=O)N1CCCC(C(N)=O)C1. The molecule has 1 heterocycles. The number of nitrogens with zero attached hydrogens (tertiary/aromatic N) is 1. The van der Waals surface area contributed by atoms with Gasteiger partial charge in [0.15, 0.2) is 0 Å². The molecule has 0 aliphatic carbocycles. The second kappa shape index (κ2) is 4.77. The summed E-state index contributed by atoms with van der Waals surface area (Å²) in [6.45, 7) is 0.682. The third kappa shape index (κ3) is 2.68. The van der Waals surface area contributed by atoms with E-state index in [1.54, 1.807) is 0 Å². The number of carbonyl (C=O) groups is 3. The number of amides is 2. The Bertz CT molecular complexity index is 290. The maximum Gasteiger partial charge on any atom is 0.396 e. The minimum absolute atomic E-state index is 0.212. The third-order valence-electron chi connectivity index (χ3n) is 2.47. The predicted molar refractivity (Wildman–Crippen MR) is 50.5 cm³/mol. The first kappa shape index (κ1) is 11.5. The summed E-state index contributed by atoms with van der Waals surface area (Å²) in [5.74, 6) is -2.40. The molecule has 1 fully saturated rings. The van der Waals surface area contributed by atoms with Crippen LogP contribution in [0.5, 0.6) is 0 Å². The van der Waals surface area contributed by atoms with E-state index in [4.69, 9.17) is 5.73 Å². The van der Waals surface area contributed by atoms with Gasteiger partial charge in [-0.1, -0.05) is 0 Å². The zero-order valence-corrected chi connectivity index (χ0v) is 8.56. The Morgan fingerprint density at radius 3 is 2.60 bits per heavy atom. The van der Waals surface area contributed by atoms with Gasteiger partial charge in [0, 0.05) is 13.1 Å². The van der Waals surface area contributed by atoms with Crippen LogP contribution in [-0.4, -0.2) is 42.9 Å². The van der Waals surface area contributed by atoms with Crippen molar-refractivity contribution in [2.45, 2.75) is 12.8 Å². The Kier molecular flexibility index (Phi) is 3.65. The maximum atomic E-state index is 11.4. The van der Waals surface area contributed by atoms with E-state index in [1.165, 1.54) is 4.90 Å². The lowest BCUT2D eigenvalue weighted by atomic mass is 9.97. The highest BCUT2D eigenvalue weighted by Gasteiger charge is 2.30. The van der Waals surface area contributed by atoms with Crippen molar-refractivity contribution in [3.05, 3.63) is 0 Å². The molecule has 1 aliphatic heterocycles. The molecule has 0 radical (unpaired) electrons. The fraction of sp³-hybridized carbons (Fsp3) is 0.667. The number of methoxy groups -OCH3 is 1. The van der Waals surface area contributed by atoms with Crippen LogP contribution in [0.2, 0.25) is 0 Å². The van der Waals surface area contributed by atoms with Crippen LogP contribution in [-0.2, 0) is 19.1 Å². The van der Waals surface area contributed by atoms with Crippen LogP contribution in [0.4, 0.5) is 0 Å². The molecular formula is C9H14N2O4. The molecule has 2 N–H and O–H groups in total. The van der Waals surface area contributed by atoms with Gasteiger partial charge >= 0.3 is 11.9 Å². The summed E-state index contributed by atoms with van der Waals surface area (Å²) in [4.78, 5) is 34.6. The van der Waals surface area contributed by atoms with Gasteiger partial charge < -0.3 is 15.4 Å². The molecule has 2 amide bonds. The van der Waals surface area contributed by atoms with Gasteiger partial charge in [-0.05, 0) is 12.8 Å². The van der Waals surface area contributed by atoms with Crippen LogP contribution in [0.3, 0.4) is 0 Å². The molecule has 1 aliphatic rings. The number of rotatable bonds is 1. The maximum absolute atomic E-state index is 11.4. The number of hydrogen-bond donors (Lipinski definition) is 1. The molecule has 1 atom stereocenters. The van der Waals surface area contributed by atoms with Gasteiger partial charge in [0.1, 0.15) is 0 Å². The summed E-state index contributed by atoms with van der Waals surface area (Å²) in [6, 6.07) is 0. The average molecular weight is 214 g/mol. The Hall–Kier alpha value is -1.59. The van der Waals surface area contributed by atoms with Crippen molar-refractivity contribution < 1.29 is 19.1 Å². The lowest BCUT2D eigenvalue weighted by Crippen LogP contribution is -2.46. The molecule has 0 aromatic heterocycles. The smallest absolute Gasteiger partial charge is 0.396 e. The molecule has 1 saturated heterocycles. The lowest BCUT2D eigenvalue weighted by molar-refractivity contribution is -0.159. The predicted octanol–water partition coefficient (Wildman–Crippen LogP) is -1.12. The minimum Gasteiger partial charge on any atom is -0.462 e. The van der Waals surface area contributed by atoms with Crippen LogP contribution >= 0.6 is 0 Å². The molecule has 1 unspecified atom stereocenters. The Morgan fingerprint density at radius 2 is 2.07 bits per heavy atom. The number of likely N-dealkylation sites (tertiary alicyclic amines) is 1. The molecule has 0 bridgehead atoms. The number of hydrogen-bond acceptors (Lipinski definition) is 4. The Morgan fingerprint density at radius 1 is 1.40 bits per heavy atom. The van der Waals surface area contributed by atoms with Crippen molar-refractivity contribution >= 4 is 17.8 Å². The van der Waals surface area contributed by atoms with Crippen LogP contribution in [0.1, 0.15) is 12.8 Å². The number of carbonyl (C=O) groups excluding carboxylic acids is 3. The van der Waals surface area contributed by atoms with E-state index >= 15 is 0 Å². The lowest BCUT2D eigenvalue weighted by Gasteiger charge is -2.30. The van der Waals surface area contributed by atoms with Crippen molar-refractivity contribution in [3.8, 4) is 0 Å². The Labute approximate surface area is 87.4 Å². The average Bonchev–Trinajstić information content (AvgIpc) is 2.27. The normalized spacial score (nSPS) is 20.9. The van der Waals surface area contributed by atoms with Crippen LogP contribution in [0, 0.1) is 5.92 Å². The molecule has 15 heavy (non-hydrogen) atoms. The van der Waals surface area contributed by atoms with E-state index in [-0.39, 0.29) is 12.5 Å². The highest BCUT2D eigenvalue weighted by molar-refractivity contribution is 6.32. The number of primary amides is 1. The molecule has 6 heteroatoms. The second-order valence-electron chi connectivity index (χ2n) is 3.48. The Balaban J connectivity index is 2.60. The van der Waals surface area contributed by atoms with E-state index in [1.807, 2.05) is 0 Å².